The standard InChI is InChI=1S/C19H25NO2S/c21-23(22,18-12-11-15-6-1-2-8-17(15)14-18)20-13-5-9-16-7-3-4-10-19(16)20/h1-2,6,8,14,16,19H,3-5,7,9-13H2/t16-,19-/m0/s1. The summed E-state index contributed by atoms with van der Waals surface area (Å²) < 4.78 is 28.4. The number of aryl methyl sites for hydroxylation is 1. The topological polar surface area (TPSA) is 37.4 Å². The molecule has 0 aromatic heterocycles. The van der Waals surface area contributed by atoms with Crippen LogP contribution in [0.15, 0.2) is 29.2 Å². The van der Waals surface area contributed by atoms with Gasteiger partial charge in [-0.25, -0.2) is 8.42 Å². The zero-order valence-electron chi connectivity index (χ0n) is 13.6. The van der Waals surface area contributed by atoms with E-state index in [9.17, 15) is 8.42 Å². The Morgan fingerprint density at radius 1 is 0.957 bits per heavy atom. The van der Waals surface area contributed by atoms with Crippen molar-refractivity contribution in [3.63, 3.8) is 0 Å². The monoisotopic (exact) mass is 331 g/mol. The zero-order valence-corrected chi connectivity index (χ0v) is 14.4. The molecule has 4 heteroatoms. The Hall–Kier alpha value is -1.13. The molecule has 1 aromatic carbocycles. The highest BCUT2D eigenvalue weighted by atomic mass is 32.2. The Morgan fingerprint density at radius 3 is 2.65 bits per heavy atom. The minimum atomic E-state index is -3.30. The van der Waals surface area contributed by atoms with Gasteiger partial charge in [-0.2, -0.15) is 4.31 Å². The van der Waals surface area contributed by atoms with Gasteiger partial charge in [-0.05, 0) is 61.6 Å². The molecular weight excluding hydrogens is 306 g/mol. The first kappa shape index (κ1) is 15.4. The van der Waals surface area contributed by atoms with Crippen LogP contribution in [0.4, 0.5) is 0 Å². The number of hydrogen-bond donors (Lipinski definition) is 0. The van der Waals surface area contributed by atoms with Crippen molar-refractivity contribution in [3.8, 4) is 0 Å². The minimum Gasteiger partial charge on any atom is -0.207 e. The van der Waals surface area contributed by atoms with E-state index >= 15 is 0 Å². The Morgan fingerprint density at radius 2 is 1.74 bits per heavy atom. The molecule has 3 aliphatic rings. The van der Waals surface area contributed by atoms with Crippen LogP contribution in [0.25, 0.3) is 6.08 Å². The number of rotatable bonds is 2. The second-order valence-corrected chi connectivity index (χ2v) is 9.12. The van der Waals surface area contributed by atoms with E-state index in [0.29, 0.717) is 23.8 Å². The summed E-state index contributed by atoms with van der Waals surface area (Å²) in [6.07, 6.45) is 10.3. The van der Waals surface area contributed by atoms with E-state index in [2.05, 4.69) is 6.07 Å². The van der Waals surface area contributed by atoms with Crippen LogP contribution in [0.1, 0.15) is 56.1 Å². The lowest BCUT2D eigenvalue weighted by atomic mass is 9.79. The summed E-state index contributed by atoms with van der Waals surface area (Å²) in [7, 11) is -3.30. The SMILES string of the molecule is O=S(=O)(C1=Cc2ccccc2CC1)N1CCC[C@@H]2CCCC[C@@H]21. The number of fused-ring (bicyclic) bond motifs is 2. The number of nitrogens with zero attached hydrogens (tertiary/aromatic N) is 1. The van der Waals surface area contributed by atoms with Crippen molar-refractivity contribution in [2.24, 2.45) is 5.92 Å². The van der Waals surface area contributed by atoms with Gasteiger partial charge in [-0.15, -0.1) is 0 Å². The van der Waals surface area contributed by atoms with Crippen molar-refractivity contribution in [2.75, 3.05) is 6.54 Å². The molecule has 2 atom stereocenters. The first-order valence-corrected chi connectivity index (χ1v) is 10.4. The summed E-state index contributed by atoms with van der Waals surface area (Å²) in [6.45, 7) is 0.711. The lowest BCUT2D eigenvalue weighted by Gasteiger charge is -2.43. The van der Waals surface area contributed by atoms with E-state index in [1.54, 1.807) is 0 Å². The van der Waals surface area contributed by atoms with Crippen molar-refractivity contribution in [3.05, 3.63) is 40.3 Å². The minimum absolute atomic E-state index is 0.251. The van der Waals surface area contributed by atoms with Crippen LogP contribution in [0.3, 0.4) is 0 Å². The fraction of sp³-hybridized carbons (Fsp3) is 0.579. The van der Waals surface area contributed by atoms with Crippen molar-refractivity contribution < 1.29 is 8.42 Å². The van der Waals surface area contributed by atoms with Gasteiger partial charge in [0.15, 0.2) is 0 Å². The van der Waals surface area contributed by atoms with Crippen LogP contribution < -0.4 is 0 Å². The maximum Gasteiger partial charge on any atom is 0.239 e. The Balaban J connectivity index is 1.66. The third-order valence-corrected chi connectivity index (χ3v) is 7.90. The number of benzene rings is 1. The summed E-state index contributed by atoms with van der Waals surface area (Å²) in [4.78, 5) is 0.627. The average molecular weight is 331 g/mol. The Kier molecular flexibility index (Phi) is 4.06. The fourth-order valence-corrected chi connectivity index (χ4v) is 6.58. The van der Waals surface area contributed by atoms with Crippen molar-refractivity contribution in [1.29, 1.82) is 0 Å². The van der Waals surface area contributed by atoms with Crippen LogP contribution in [0.5, 0.6) is 0 Å². The molecule has 4 rings (SSSR count). The van der Waals surface area contributed by atoms with Gasteiger partial charge in [-0.1, -0.05) is 37.1 Å². The van der Waals surface area contributed by atoms with Crippen LogP contribution in [-0.2, 0) is 16.4 Å². The van der Waals surface area contributed by atoms with Gasteiger partial charge >= 0.3 is 0 Å². The number of piperidine rings is 1. The molecule has 0 radical (unpaired) electrons. The van der Waals surface area contributed by atoms with Gasteiger partial charge < -0.3 is 0 Å². The molecule has 0 amide bonds. The molecular formula is C19H25NO2S. The first-order valence-electron chi connectivity index (χ1n) is 8.96. The van der Waals surface area contributed by atoms with E-state index in [1.807, 2.05) is 28.6 Å². The molecule has 1 saturated heterocycles. The number of hydrogen-bond acceptors (Lipinski definition) is 2. The average Bonchev–Trinajstić information content (AvgIpc) is 2.60. The maximum atomic E-state index is 13.3. The maximum absolute atomic E-state index is 13.3. The van der Waals surface area contributed by atoms with Gasteiger partial charge in [0.25, 0.3) is 0 Å². The quantitative estimate of drug-likeness (QED) is 0.822. The Bertz CT molecular complexity index is 721. The fourth-order valence-electron chi connectivity index (χ4n) is 4.64. The largest absolute Gasteiger partial charge is 0.239 e. The van der Waals surface area contributed by atoms with Crippen LogP contribution >= 0.6 is 0 Å². The molecule has 0 unspecified atom stereocenters. The normalized spacial score (nSPS) is 28.6. The van der Waals surface area contributed by atoms with Crippen molar-refractivity contribution in [1.82, 2.24) is 4.31 Å². The van der Waals surface area contributed by atoms with Crippen molar-refractivity contribution in [2.45, 2.75) is 57.4 Å². The second-order valence-electron chi connectivity index (χ2n) is 7.18. The molecule has 3 nitrogen and oxygen atoms in total. The molecule has 1 aliphatic heterocycles. The van der Waals surface area contributed by atoms with E-state index in [-0.39, 0.29) is 6.04 Å². The van der Waals surface area contributed by atoms with Gasteiger partial charge in [0, 0.05) is 12.6 Å². The lowest BCUT2D eigenvalue weighted by molar-refractivity contribution is 0.130. The molecule has 1 heterocycles. The second kappa shape index (κ2) is 6.06. The van der Waals surface area contributed by atoms with E-state index in [0.717, 1.165) is 24.8 Å². The highest BCUT2D eigenvalue weighted by Gasteiger charge is 2.40. The molecule has 1 saturated carbocycles. The zero-order chi connectivity index (χ0) is 15.9. The van der Waals surface area contributed by atoms with Gasteiger partial charge in [0.2, 0.25) is 10.0 Å². The summed E-state index contributed by atoms with van der Waals surface area (Å²) in [5, 5.41) is 0. The summed E-state index contributed by atoms with van der Waals surface area (Å²) in [5.74, 6) is 0.587. The predicted octanol–water partition coefficient (Wildman–Crippen LogP) is 3.96. The van der Waals surface area contributed by atoms with Crippen LogP contribution in [0.2, 0.25) is 0 Å². The van der Waals surface area contributed by atoms with Gasteiger partial charge in [0.05, 0.1) is 4.91 Å². The van der Waals surface area contributed by atoms with E-state index in [1.165, 1.54) is 31.2 Å². The predicted molar refractivity (Wildman–Crippen MR) is 93.3 cm³/mol. The number of sulfonamides is 1. The molecule has 2 aliphatic carbocycles. The summed E-state index contributed by atoms with van der Waals surface area (Å²) in [6, 6.07) is 8.41. The third kappa shape index (κ3) is 2.76. The summed E-state index contributed by atoms with van der Waals surface area (Å²) in [5.41, 5.74) is 2.34. The highest BCUT2D eigenvalue weighted by Crippen LogP contribution is 2.39. The Labute approximate surface area is 139 Å². The summed E-state index contributed by atoms with van der Waals surface area (Å²) >= 11 is 0. The van der Waals surface area contributed by atoms with E-state index in [4.69, 9.17) is 0 Å². The molecule has 0 N–H and O–H groups in total. The van der Waals surface area contributed by atoms with Gasteiger partial charge in [0.1, 0.15) is 0 Å². The molecule has 124 valence electrons. The van der Waals surface area contributed by atoms with Crippen molar-refractivity contribution >= 4 is 16.1 Å². The van der Waals surface area contributed by atoms with E-state index < -0.39 is 10.0 Å². The van der Waals surface area contributed by atoms with Gasteiger partial charge in [-0.3, -0.25) is 0 Å². The first-order chi connectivity index (χ1) is 11.2. The van der Waals surface area contributed by atoms with Crippen LogP contribution in [-0.4, -0.2) is 25.3 Å². The lowest BCUT2D eigenvalue weighted by Crippen LogP contribution is -2.49. The number of allylic oxidation sites excluding steroid dienone is 1. The molecule has 2 fully saturated rings. The molecule has 0 bridgehead atoms. The smallest absolute Gasteiger partial charge is 0.207 e. The molecule has 0 spiro atoms. The molecule has 23 heavy (non-hydrogen) atoms. The molecule has 1 aromatic rings. The highest BCUT2D eigenvalue weighted by molar-refractivity contribution is 7.93. The van der Waals surface area contributed by atoms with Crippen LogP contribution in [0, 0.1) is 5.92 Å². The third-order valence-electron chi connectivity index (χ3n) is 5.84.